The first-order valence-corrected chi connectivity index (χ1v) is 9.02. The van der Waals surface area contributed by atoms with Crippen molar-refractivity contribution in [2.75, 3.05) is 6.54 Å². The largest absolute Gasteiger partial charge is 0.362 e. The van der Waals surface area contributed by atoms with Gasteiger partial charge in [0, 0.05) is 12.6 Å². The monoisotopic (exact) mass is 330 g/mol. The fourth-order valence-electron chi connectivity index (χ4n) is 2.03. The van der Waals surface area contributed by atoms with Crippen LogP contribution in [-0.4, -0.2) is 42.5 Å². The molecule has 1 unspecified atom stereocenters. The van der Waals surface area contributed by atoms with E-state index in [9.17, 15) is 28.7 Å². The van der Waals surface area contributed by atoms with Crippen LogP contribution >= 0.6 is 27.4 Å². The molecular formula is C8H16N2O6P2S. The van der Waals surface area contributed by atoms with Gasteiger partial charge in [0.05, 0.1) is 0 Å². The van der Waals surface area contributed by atoms with E-state index >= 15 is 0 Å². The van der Waals surface area contributed by atoms with Crippen LogP contribution in [0.4, 0.5) is 0 Å². The molecule has 0 saturated carbocycles. The Morgan fingerprint density at radius 1 is 1.42 bits per heavy atom. The molecule has 0 aromatic rings. The van der Waals surface area contributed by atoms with Gasteiger partial charge in [-0.3, -0.25) is 14.4 Å². The van der Waals surface area contributed by atoms with E-state index in [0.717, 1.165) is 0 Å². The van der Waals surface area contributed by atoms with E-state index < -0.39 is 26.3 Å². The maximum atomic E-state index is 11.7. The zero-order valence-electron chi connectivity index (χ0n) is 9.84. The number of rotatable bonds is 5. The van der Waals surface area contributed by atoms with Crippen LogP contribution in [0.5, 0.6) is 0 Å². The Labute approximate surface area is 115 Å². The van der Waals surface area contributed by atoms with Gasteiger partial charge in [0.25, 0.3) is 0 Å². The topological polar surface area (TPSA) is 153 Å². The lowest BCUT2D eigenvalue weighted by Crippen LogP contribution is -2.54. The predicted molar refractivity (Wildman–Crippen MR) is 73.8 cm³/mol. The third kappa shape index (κ3) is 3.21. The number of nitrogens with one attached hydrogen (secondary N) is 1. The fraction of sp³-hybridized carbons (Fsp3) is 0.625. The van der Waals surface area contributed by atoms with Gasteiger partial charge in [-0.25, -0.2) is 0 Å². The molecule has 19 heavy (non-hydrogen) atoms. The summed E-state index contributed by atoms with van der Waals surface area (Å²) in [7, 11) is -10.3. The van der Waals surface area contributed by atoms with Crippen molar-refractivity contribution < 1.29 is 28.7 Å². The Bertz CT molecular complexity index is 462. The molecule has 0 amide bonds. The van der Waals surface area contributed by atoms with Crippen molar-refractivity contribution >= 4 is 32.8 Å². The third-order valence-electron chi connectivity index (χ3n) is 2.82. The molecule has 11 heteroatoms. The summed E-state index contributed by atoms with van der Waals surface area (Å²) >= 11 is 4.62. The zero-order valence-corrected chi connectivity index (χ0v) is 12.4. The van der Waals surface area contributed by atoms with Crippen LogP contribution in [-0.2, 0) is 9.13 Å². The van der Waals surface area contributed by atoms with Crippen LogP contribution in [0.15, 0.2) is 11.6 Å². The van der Waals surface area contributed by atoms with Crippen LogP contribution in [0.2, 0.25) is 0 Å². The van der Waals surface area contributed by atoms with Gasteiger partial charge in [0.1, 0.15) is 0 Å². The summed E-state index contributed by atoms with van der Waals surface area (Å²) < 4.78 is 23.3. The molecular weight excluding hydrogens is 314 g/mol. The number of hydrogen-bond donors (Lipinski definition) is 6. The van der Waals surface area contributed by atoms with Crippen molar-refractivity contribution in [1.29, 1.82) is 0 Å². The summed E-state index contributed by atoms with van der Waals surface area (Å²) in [4.78, 5) is 37.7. The van der Waals surface area contributed by atoms with Crippen LogP contribution in [0.25, 0.3) is 0 Å². The molecule has 0 spiro atoms. The molecule has 0 saturated heterocycles. The molecule has 7 N–H and O–H groups in total. The van der Waals surface area contributed by atoms with Crippen LogP contribution in [0, 0.1) is 0 Å². The number of thiocarbonyl (C=S) groups is 1. The van der Waals surface area contributed by atoms with Crippen molar-refractivity contribution in [1.82, 2.24) is 5.32 Å². The Morgan fingerprint density at radius 2 is 1.95 bits per heavy atom. The van der Waals surface area contributed by atoms with E-state index in [4.69, 9.17) is 5.73 Å². The quantitative estimate of drug-likeness (QED) is 0.225. The second-order valence-electron chi connectivity index (χ2n) is 4.20. The van der Waals surface area contributed by atoms with Gasteiger partial charge in [-0.05, 0) is 23.8 Å². The zero-order chi connectivity index (χ0) is 14.9. The van der Waals surface area contributed by atoms with E-state index in [-0.39, 0.29) is 25.0 Å². The van der Waals surface area contributed by atoms with Crippen LogP contribution < -0.4 is 11.1 Å². The van der Waals surface area contributed by atoms with E-state index in [1.807, 2.05) is 0 Å². The molecule has 0 aromatic heterocycles. The van der Waals surface area contributed by atoms with E-state index in [0.29, 0.717) is 0 Å². The van der Waals surface area contributed by atoms with Gasteiger partial charge >= 0.3 is 15.2 Å². The summed E-state index contributed by atoms with van der Waals surface area (Å²) in [6.07, 6.45) is 1.55. The second-order valence-corrected chi connectivity index (χ2v) is 8.41. The fourth-order valence-corrected chi connectivity index (χ4v) is 5.22. The summed E-state index contributed by atoms with van der Waals surface area (Å²) in [6, 6.07) is -0.577. The molecule has 0 radical (unpaired) electrons. The molecule has 0 aliphatic carbocycles. The van der Waals surface area contributed by atoms with Crippen LogP contribution in [0.1, 0.15) is 12.8 Å². The molecule has 1 heterocycles. The lowest BCUT2D eigenvalue weighted by Gasteiger charge is -2.41. The first kappa shape index (κ1) is 17.1. The average Bonchev–Trinajstić information content (AvgIpc) is 2.22. The van der Waals surface area contributed by atoms with Crippen molar-refractivity contribution in [2.45, 2.75) is 23.9 Å². The molecule has 1 atom stereocenters. The average molecular weight is 330 g/mol. The van der Waals surface area contributed by atoms with Crippen molar-refractivity contribution in [3.8, 4) is 0 Å². The first-order chi connectivity index (χ1) is 8.56. The maximum absolute atomic E-state index is 11.7. The number of nitrogens with two attached hydrogens (primary N) is 1. The molecule has 8 nitrogen and oxygen atoms in total. The first-order valence-electron chi connectivity index (χ1n) is 5.33. The lowest BCUT2D eigenvalue weighted by atomic mass is 10.0. The van der Waals surface area contributed by atoms with Gasteiger partial charge in [0.15, 0.2) is 0 Å². The molecule has 1 aliphatic heterocycles. The Balaban J connectivity index is 3.43. The molecule has 110 valence electrons. The molecule has 0 bridgehead atoms. The summed E-state index contributed by atoms with van der Waals surface area (Å²) in [5.74, 6) is 0. The van der Waals surface area contributed by atoms with E-state index in [2.05, 4.69) is 17.5 Å². The van der Waals surface area contributed by atoms with Crippen LogP contribution in [0.3, 0.4) is 0 Å². The van der Waals surface area contributed by atoms with Crippen molar-refractivity contribution in [2.24, 2.45) is 5.73 Å². The highest BCUT2D eigenvalue weighted by molar-refractivity contribution is 7.79. The minimum atomic E-state index is -5.16. The summed E-state index contributed by atoms with van der Waals surface area (Å²) in [6.45, 7) is -0.142. The SMILES string of the molecule is NC1C=C(CCC=S)C(P(=O)(O)O)(P(=O)(O)O)NC1. The van der Waals surface area contributed by atoms with Crippen molar-refractivity contribution in [3.63, 3.8) is 0 Å². The van der Waals surface area contributed by atoms with E-state index in [1.165, 1.54) is 11.4 Å². The summed E-state index contributed by atoms with van der Waals surface area (Å²) in [5.41, 5.74) is 5.52. The standard InChI is InChI=1S/C8H16N2O6P2S/c9-7-4-6(2-1-3-19)8(10-5-7,17(11,12)13)18(14,15)16/h3-4,7,10H,1-2,5,9H2,(H2,11,12,13)(H2,14,15,16). The molecule has 0 fully saturated rings. The Hall–Kier alpha value is 0.0500. The van der Waals surface area contributed by atoms with Gasteiger partial charge in [-0.15, -0.1) is 0 Å². The van der Waals surface area contributed by atoms with Gasteiger partial charge in [-0.2, -0.15) is 0 Å². The Kier molecular flexibility index (Phi) is 5.23. The highest BCUT2D eigenvalue weighted by atomic mass is 32.1. The van der Waals surface area contributed by atoms with Gasteiger partial charge in [0.2, 0.25) is 5.02 Å². The minimum Gasteiger partial charge on any atom is -0.323 e. The predicted octanol–water partition coefficient (Wildman–Crippen LogP) is -0.368. The van der Waals surface area contributed by atoms with Gasteiger partial charge in [-0.1, -0.05) is 18.3 Å². The molecule has 0 aromatic carbocycles. The lowest BCUT2D eigenvalue weighted by molar-refractivity contribution is 0.294. The third-order valence-corrected chi connectivity index (χ3v) is 7.20. The molecule has 1 rings (SSSR count). The maximum Gasteiger partial charge on any atom is 0.362 e. The van der Waals surface area contributed by atoms with Gasteiger partial charge < -0.3 is 25.3 Å². The van der Waals surface area contributed by atoms with Crippen molar-refractivity contribution in [3.05, 3.63) is 11.6 Å². The van der Waals surface area contributed by atoms with E-state index in [1.54, 1.807) is 0 Å². The normalized spacial score (nSPS) is 23.8. The summed E-state index contributed by atoms with van der Waals surface area (Å²) in [5, 5.41) is 0.878. The molecule has 1 aliphatic rings. The smallest absolute Gasteiger partial charge is 0.323 e. The minimum absolute atomic E-state index is 0.0143. The highest BCUT2D eigenvalue weighted by Gasteiger charge is 2.63. The second kappa shape index (κ2) is 5.81. The highest BCUT2D eigenvalue weighted by Crippen LogP contribution is 2.71. The Morgan fingerprint density at radius 3 is 2.37 bits per heavy atom. The number of hydrogen-bond acceptors (Lipinski definition) is 5.